The Bertz CT molecular complexity index is 1530. The van der Waals surface area contributed by atoms with Gasteiger partial charge in [-0.2, -0.15) is 0 Å². The maximum Gasteiger partial charge on any atom is 0.0725 e. The third kappa shape index (κ3) is 2.26. The van der Waals surface area contributed by atoms with E-state index < -0.39 is 0 Å². The number of aryl methyl sites for hydroxylation is 2. The Morgan fingerprint density at radius 2 is 0.970 bits per heavy atom. The lowest BCUT2D eigenvalue weighted by Gasteiger charge is -2.36. The van der Waals surface area contributed by atoms with Gasteiger partial charge >= 0.3 is 0 Å². The van der Waals surface area contributed by atoms with Gasteiger partial charge in [0, 0.05) is 0 Å². The van der Waals surface area contributed by atoms with E-state index in [0.717, 1.165) is 0 Å². The lowest BCUT2D eigenvalue weighted by Crippen LogP contribution is -2.29. The predicted octanol–water partition coefficient (Wildman–Crippen LogP) is 8.31. The highest BCUT2D eigenvalue weighted by Crippen LogP contribution is 2.61. The molecule has 0 bridgehead atoms. The van der Waals surface area contributed by atoms with E-state index in [1.165, 1.54) is 66.8 Å². The minimum Gasteiger partial charge on any atom is -0.0619 e. The van der Waals surface area contributed by atoms with Crippen molar-refractivity contribution in [2.24, 2.45) is 0 Å². The third-order valence-electron chi connectivity index (χ3n) is 7.69. The van der Waals surface area contributed by atoms with Crippen LogP contribution in [0.2, 0.25) is 0 Å². The molecule has 0 N–H and O–H groups in total. The zero-order valence-electron chi connectivity index (χ0n) is 18.9. The molecule has 0 saturated heterocycles. The molecule has 2 aliphatic carbocycles. The van der Waals surface area contributed by atoms with Crippen molar-refractivity contribution in [1.82, 2.24) is 0 Å². The molecule has 5 aromatic carbocycles. The summed E-state index contributed by atoms with van der Waals surface area (Å²) < 4.78 is 0. The van der Waals surface area contributed by atoms with Crippen molar-refractivity contribution in [2.75, 3.05) is 0 Å². The molecule has 0 fully saturated rings. The molecule has 33 heavy (non-hydrogen) atoms. The fraction of sp³-hybridized carbons (Fsp3) is 0.0909. The zero-order chi connectivity index (χ0) is 22.2. The molecule has 0 radical (unpaired) electrons. The van der Waals surface area contributed by atoms with Gasteiger partial charge in [0.2, 0.25) is 0 Å². The molecule has 5 aromatic rings. The number of hydrogen-bond donors (Lipinski definition) is 0. The second-order valence-electron chi connectivity index (χ2n) is 9.43. The van der Waals surface area contributed by atoms with Crippen LogP contribution in [-0.2, 0) is 5.41 Å². The first-order valence-electron chi connectivity index (χ1n) is 11.7. The largest absolute Gasteiger partial charge is 0.0725 e. The van der Waals surface area contributed by atoms with Gasteiger partial charge in [-0.15, -0.1) is 0 Å². The molecule has 0 saturated carbocycles. The van der Waals surface area contributed by atoms with Crippen LogP contribution >= 0.6 is 0 Å². The molecule has 2 aliphatic rings. The molecule has 156 valence electrons. The van der Waals surface area contributed by atoms with Crippen LogP contribution in [0, 0.1) is 13.8 Å². The van der Waals surface area contributed by atoms with Crippen LogP contribution in [0.15, 0.2) is 109 Å². The molecule has 0 heteroatoms. The Balaban J connectivity index is 1.80. The standard InChI is InChI=1S/C33H24/c1-21-18-19-26-23-11-3-4-14-27(23)32-22(2)10-9-17-30(32)33(31(26)20-21)28-15-7-5-12-24(28)25-13-6-8-16-29(25)33/h3-20H,1-2H3. The maximum absolute atomic E-state index is 2.43. The van der Waals surface area contributed by atoms with Gasteiger partial charge in [0.1, 0.15) is 0 Å². The molecule has 1 spiro atoms. The van der Waals surface area contributed by atoms with Crippen molar-refractivity contribution in [1.29, 1.82) is 0 Å². The molecule has 0 unspecified atom stereocenters. The molecule has 0 heterocycles. The summed E-state index contributed by atoms with van der Waals surface area (Å²) in [5, 5.41) is 0. The summed E-state index contributed by atoms with van der Waals surface area (Å²) in [4.78, 5) is 0. The minimum atomic E-state index is -0.352. The van der Waals surface area contributed by atoms with E-state index in [4.69, 9.17) is 0 Å². The Hall–Kier alpha value is -3.90. The zero-order valence-corrected chi connectivity index (χ0v) is 18.9. The van der Waals surface area contributed by atoms with E-state index in [0.29, 0.717) is 0 Å². The Kier molecular flexibility index (Phi) is 3.71. The summed E-state index contributed by atoms with van der Waals surface area (Å²) in [6, 6.07) is 40.9. The van der Waals surface area contributed by atoms with Crippen LogP contribution in [-0.4, -0.2) is 0 Å². The molecular weight excluding hydrogens is 396 g/mol. The SMILES string of the molecule is Cc1ccc2c(c1)C1(c3ccccc3-c3ccccc31)c1cccc(C)c1-c1ccccc1-2. The molecule has 0 amide bonds. The topological polar surface area (TPSA) is 0 Å². The van der Waals surface area contributed by atoms with Gasteiger partial charge in [0.25, 0.3) is 0 Å². The summed E-state index contributed by atoms with van der Waals surface area (Å²) in [6.45, 7) is 4.48. The first kappa shape index (κ1) is 18.7. The first-order chi connectivity index (χ1) is 16.2. The van der Waals surface area contributed by atoms with Gasteiger partial charge in [0.05, 0.1) is 5.41 Å². The number of hydrogen-bond acceptors (Lipinski definition) is 0. The number of rotatable bonds is 0. The lowest BCUT2D eigenvalue weighted by molar-refractivity contribution is 0.773. The van der Waals surface area contributed by atoms with E-state index in [1.807, 2.05) is 0 Å². The summed E-state index contributed by atoms with van der Waals surface area (Å²) in [7, 11) is 0. The third-order valence-corrected chi connectivity index (χ3v) is 7.69. The summed E-state index contributed by atoms with van der Waals surface area (Å²) in [5.74, 6) is 0. The average Bonchev–Trinajstić information content (AvgIpc) is 3.09. The van der Waals surface area contributed by atoms with Crippen LogP contribution in [0.25, 0.3) is 33.4 Å². The number of benzene rings is 5. The van der Waals surface area contributed by atoms with E-state index in [1.54, 1.807) is 0 Å². The van der Waals surface area contributed by atoms with Gasteiger partial charge in [0.15, 0.2) is 0 Å². The van der Waals surface area contributed by atoms with E-state index in [9.17, 15) is 0 Å². The van der Waals surface area contributed by atoms with Crippen molar-refractivity contribution in [3.05, 3.63) is 143 Å². The normalized spacial score (nSPS) is 14.0. The highest BCUT2D eigenvalue weighted by atomic mass is 14.5. The first-order valence-corrected chi connectivity index (χ1v) is 11.7. The molecule has 0 atom stereocenters. The minimum absolute atomic E-state index is 0.352. The smallest absolute Gasteiger partial charge is 0.0619 e. The van der Waals surface area contributed by atoms with Crippen molar-refractivity contribution < 1.29 is 0 Å². The highest BCUT2D eigenvalue weighted by Gasteiger charge is 2.49. The van der Waals surface area contributed by atoms with Gasteiger partial charge in [-0.1, -0.05) is 115 Å². The Morgan fingerprint density at radius 1 is 0.424 bits per heavy atom. The highest BCUT2D eigenvalue weighted by molar-refractivity contribution is 5.97. The van der Waals surface area contributed by atoms with Crippen LogP contribution in [0.1, 0.15) is 33.4 Å². The van der Waals surface area contributed by atoms with E-state index in [2.05, 4.69) is 123 Å². The van der Waals surface area contributed by atoms with E-state index in [-0.39, 0.29) is 5.41 Å². The molecule has 0 aliphatic heterocycles. The Morgan fingerprint density at radius 3 is 1.67 bits per heavy atom. The van der Waals surface area contributed by atoms with Gasteiger partial charge in [-0.3, -0.25) is 0 Å². The fourth-order valence-corrected chi connectivity index (χ4v) is 6.44. The van der Waals surface area contributed by atoms with Crippen LogP contribution in [0.4, 0.5) is 0 Å². The fourth-order valence-electron chi connectivity index (χ4n) is 6.44. The summed E-state index contributed by atoms with van der Waals surface area (Å²) >= 11 is 0. The number of fused-ring (bicyclic) bond motifs is 12. The van der Waals surface area contributed by atoms with Gasteiger partial charge < -0.3 is 0 Å². The molecule has 7 rings (SSSR count). The molecule has 0 nitrogen and oxygen atoms in total. The van der Waals surface area contributed by atoms with Crippen molar-refractivity contribution in [3.8, 4) is 33.4 Å². The van der Waals surface area contributed by atoms with Gasteiger partial charge in [-0.25, -0.2) is 0 Å². The average molecular weight is 421 g/mol. The molecule has 0 aromatic heterocycles. The van der Waals surface area contributed by atoms with Crippen LogP contribution < -0.4 is 0 Å². The second kappa shape index (κ2) is 6.56. The summed E-state index contributed by atoms with van der Waals surface area (Å²) in [6.07, 6.45) is 0. The quantitative estimate of drug-likeness (QED) is 0.231. The monoisotopic (exact) mass is 420 g/mol. The van der Waals surface area contributed by atoms with E-state index >= 15 is 0 Å². The summed E-state index contributed by atoms with van der Waals surface area (Å²) in [5.41, 5.74) is 15.9. The van der Waals surface area contributed by atoms with Gasteiger partial charge in [-0.05, 0) is 75.0 Å². The van der Waals surface area contributed by atoms with Crippen molar-refractivity contribution in [2.45, 2.75) is 19.3 Å². The molecular formula is C33H24. The van der Waals surface area contributed by atoms with Crippen LogP contribution in [0.5, 0.6) is 0 Å². The maximum atomic E-state index is 2.43. The second-order valence-corrected chi connectivity index (χ2v) is 9.43. The lowest BCUT2D eigenvalue weighted by atomic mass is 9.65. The predicted molar refractivity (Wildman–Crippen MR) is 138 cm³/mol. The Labute approximate surface area is 195 Å². The van der Waals surface area contributed by atoms with Crippen molar-refractivity contribution >= 4 is 0 Å². The van der Waals surface area contributed by atoms with Crippen molar-refractivity contribution in [3.63, 3.8) is 0 Å². The van der Waals surface area contributed by atoms with Crippen LogP contribution in [0.3, 0.4) is 0 Å².